The first kappa shape index (κ1) is 24.9. The first-order valence-corrected chi connectivity index (χ1v) is 11.1. The highest BCUT2D eigenvalue weighted by Crippen LogP contribution is 2.16. The molecule has 1 heterocycles. The Hall–Kier alpha value is -3.78. The van der Waals surface area contributed by atoms with E-state index in [-0.39, 0.29) is 25.0 Å². The molecule has 2 aromatic carbocycles. The minimum atomic E-state index is -0.378. The highest BCUT2D eigenvalue weighted by molar-refractivity contribution is 5.92. The molecule has 0 atom stereocenters. The van der Waals surface area contributed by atoms with Gasteiger partial charge in [0.25, 0.3) is 0 Å². The average Bonchev–Trinajstić information content (AvgIpc) is 3.38. The minimum Gasteiger partial charge on any atom is -0.497 e. The van der Waals surface area contributed by atoms with Gasteiger partial charge in [0.2, 0.25) is 5.91 Å². The summed E-state index contributed by atoms with van der Waals surface area (Å²) >= 11 is 0. The van der Waals surface area contributed by atoms with Gasteiger partial charge in [-0.1, -0.05) is 30.3 Å². The van der Waals surface area contributed by atoms with Gasteiger partial charge >= 0.3 is 6.03 Å². The Kier molecular flexibility index (Phi) is 9.54. The molecule has 3 aromatic rings. The summed E-state index contributed by atoms with van der Waals surface area (Å²) < 4.78 is 15.8. The van der Waals surface area contributed by atoms with Crippen LogP contribution in [0.4, 0.5) is 10.5 Å². The highest BCUT2D eigenvalue weighted by atomic mass is 16.5. The van der Waals surface area contributed by atoms with E-state index in [4.69, 9.17) is 13.9 Å². The zero-order chi connectivity index (χ0) is 24.2. The lowest BCUT2D eigenvalue weighted by molar-refractivity contribution is -0.132. The fourth-order valence-electron chi connectivity index (χ4n) is 3.39. The van der Waals surface area contributed by atoms with Crippen LogP contribution in [0.5, 0.6) is 5.75 Å². The van der Waals surface area contributed by atoms with E-state index in [1.54, 1.807) is 55.7 Å². The lowest BCUT2D eigenvalue weighted by Crippen LogP contribution is -2.46. The van der Waals surface area contributed by atoms with Crippen molar-refractivity contribution in [1.29, 1.82) is 0 Å². The Morgan fingerprint density at radius 3 is 2.32 bits per heavy atom. The van der Waals surface area contributed by atoms with Crippen LogP contribution in [0.1, 0.15) is 11.3 Å². The van der Waals surface area contributed by atoms with Crippen molar-refractivity contribution in [2.24, 2.45) is 0 Å². The Morgan fingerprint density at radius 2 is 1.68 bits per heavy atom. The molecule has 3 rings (SSSR count). The number of rotatable bonds is 12. The fraction of sp³-hybridized carbons (Fsp3) is 0.308. The number of nitrogens with one attached hydrogen (secondary N) is 1. The van der Waals surface area contributed by atoms with E-state index < -0.39 is 0 Å². The Bertz CT molecular complexity index is 1010. The van der Waals surface area contributed by atoms with Crippen LogP contribution in [0.15, 0.2) is 77.4 Å². The van der Waals surface area contributed by atoms with Crippen molar-refractivity contribution in [3.8, 4) is 5.75 Å². The molecular weight excluding hydrogens is 434 g/mol. The number of methoxy groups -OCH3 is 2. The SMILES string of the molecule is COCCN(CC(=O)N(CCc1ccccc1)Cc1ccco1)C(=O)Nc1ccc(OC)cc1. The largest absolute Gasteiger partial charge is 0.497 e. The smallest absolute Gasteiger partial charge is 0.322 e. The third kappa shape index (κ3) is 7.67. The van der Waals surface area contributed by atoms with Gasteiger partial charge in [0, 0.05) is 25.9 Å². The summed E-state index contributed by atoms with van der Waals surface area (Å²) in [6.45, 7) is 1.34. The lowest BCUT2D eigenvalue weighted by atomic mass is 10.1. The van der Waals surface area contributed by atoms with Crippen molar-refractivity contribution in [2.75, 3.05) is 45.8 Å². The van der Waals surface area contributed by atoms with Crippen LogP contribution >= 0.6 is 0 Å². The molecule has 0 unspecified atom stereocenters. The van der Waals surface area contributed by atoms with Crippen molar-refractivity contribution in [3.05, 3.63) is 84.3 Å². The van der Waals surface area contributed by atoms with Gasteiger partial charge in [-0.25, -0.2) is 4.79 Å². The molecule has 0 aliphatic heterocycles. The topological polar surface area (TPSA) is 84.2 Å². The summed E-state index contributed by atoms with van der Waals surface area (Å²) in [5.74, 6) is 1.21. The second-order valence-corrected chi connectivity index (χ2v) is 7.70. The van der Waals surface area contributed by atoms with Crippen LogP contribution < -0.4 is 10.1 Å². The van der Waals surface area contributed by atoms with Gasteiger partial charge in [0.1, 0.15) is 18.1 Å². The summed E-state index contributed by atoms with van der Waals surface area (Å²) in [6.07, 6.45) is 2.28. The molecule has 8 heteroatoms. The standard InChI is InChI=1S/C26H31N3O5/c1-32-18-16-29(26(31)27-22-10-12-23(33-2)13-11-22)20-25(30)28(19-24-9-6-17-34-24)15-14-21-7-4-3-5-8-21/h3-13,17H,14-16,18-20H2,1-2H3,(H,27,31). The van der Waals surface area contributed by atoms with E-state index in [1.165, 1.54) is 4.90 Å². The third-order valence-electron chi connectivity index (χ3n) is 5.31. The van der Waals surface area contributed by atoms with E-state index in [0.29, 0.717) is 43.3 Å². The molecule has 0 spiro atoms. The number of hydrogen-bond acceptors (Lipinski definition) is 5. The molecular formula is C26H31N3O5. The van der Waals surface area contributed by atoms with Crippen molar-refractivity contribution < 1.29 is 23.5 Å². The Morgan fingerprint density at radius 1 is 0.912 bits per heavy atom. The molecule has 0 saturated heterocycles. The quantitative estimate of drug-likeness (QED) is 0.436. The van der Waals surface area contributed by atoms with Crippen LogP contribution in [0, 0.1) is 0 Å². The van der Waals surface area contributed by atoms with E-state index in [2.05, 4.69) is 5.32 Å². The zero-order valence-electron chi connectivity index (χ0n) is 19.6. The predicted molar refractivity (Wildman–Crippen MR) is 130 cm³/mol. The molecule has 0 aliphatic carbocycles. The molecule has 1 aromatic heterocycles. The van der Waals surface area contributed by atoms with Gasteiger partial charge in [0.05, 0.1) is 26.5 Å². The number of furan rings is 1. The number of carbonyl (C=O) groups excluding carboxylic acids is 2. The number of hydrogen-bond donors (Lipinski definition) is 1. The zero-order valence-corrected chi connectivity index (χ0v) is 19.6. The number of urea groups is 1. The van der Waals surface area contributed by atoms with Crippen molar-refractivity contribution in [3.63, 3.8) is 0 Å². The summed E-state index contributed by atoms with van der Waals surface area (Å²) in [5, 5.41) is 2.84. The molecule has 180 valence electrons. The van der Waals surface area contributed by atoms with E-state index in [0.717, 1.165) is 5.56 Å². The number of anilines is 1. The minimum absolute atomic E-state index is 0.0825. The molecule has 0 bridgehead atoms. The number of ether oxygens (including phenoxy) is 2. The van der Waals surface area contributed by atoms with E-state index >= 15 is 0 Å². The molecule has 8 nitrogen and oxygen atoms in total. The molecule has 0 radical (unpaired) electrons. The maximum atomic E-state index is 13.3. The van der Waals surface area contributed by atoms with Crippen LogP contribution in [0.2, 0.25) is 0 Å². The van der Waals surface area contributed by atoms with Gasteiger partial charge in [-0.05, 0) is 48.4 Å². The fourth-order valence-corrected chi connectivity index (χ4v) is 3.39. The van der Waals surface area contributed by atoms with Gasteiger partial charge in [-0.15, -0.1) is 0 Å². The number of carbonyl (C=O) groups is 2. The monoisotopic (exact) mass is 465 g/mol. The number of benzene rings is 2. The van der Waals surface area contributed by atoms with Crippen molar-refractivity contribution >= 4 is 17.6 Å². The Balaban J connectivity index is 1.68. The lowest BCUT2D eigenvalue weighted by Gasteiger charge is -2.27. The van der Waals surface area contributed by atoms with E-state index in [9.17, 15) is 9.59 Å². The first-order chi connectivity index (χ1) is 16.6. The highest BCUT2D eigenvalue weighted by Gasteiger charge is 2.22. The summed E-state index contributed by atoms with van der Waals surface area (Å²) in [6, 6.07) is 20.2. The summed E-state index contributed by atoms with van der Waals surface area (Å²) in [5.41, 5.74) is 1.74. The maximum absolute atomic E-state index is 13.3. The second kappa shape index (κ2) is 13.1. The van der Waals surface area contributed by atoms with Gasteiger partial charge < -0.3 is 29.0 Å². The molecule has 3 amide bonds. The van der Waals surface area contributed by atoms with Crippen molar-refractivity contribution in [1.82, 2.24) is 9.80 Å². The van der Waals surface area contributed by atoms with Crippen LogP contribution in [0.3, 0.4) is 0 Å². The molecule has 0 fully saturated rings. The third-order valence-corrected chi connectivity index (χ3v) is 5.31. The molecule has 0 saturated carbocycles. The summed E-state index contributed by atoms with van der Waals surface area (Å²) in [7, 11) is 3.14. The van der Waals surface area contributed by atoms with Crippen molar-refractivity contribution in [2.45, 2.75) is 13.0 Å². The first-order valence-electron chi connectivity index (χ1n) is 11.1. The van der Waals surface area contributed by atoms with Gasteiger partial charge in [0.15, 0.2) is 0 Å². The molecule has 1 N–H and O–H groups in total. The normalized spacial score (nSPS) is 10.5. The number of amides is 3. The van der Waals surface area contributed by atoms with Gasteiger partial charge in [-0.2, -0.15) is 0 Å². The predicted octanol–water partition coefficient (Wildman–Crippen LogP) is 4.04. The van der Waals surface area contributed by atoms with Crippen LogP contribution in [-0.4, -0.2) is 62.2 Å². The van der Waals surface area contributed by atoms with Crippen LogP contribution in [-0.2, 0) is 22.5 Å². The van der Waals surface area contributed by atoms with E-state index in [1.807, 2.05) is 36.4 Å². The van der Waals surface area contributed by atoms with Gasteiger partial charge in [-0.3, -0.25) is 4.79 Å². The number of nitrogens with zero attached hydrogens (tertiary/aromatic N) is 2. The van der Waals surface area contributed by atoms with Crippen LogP contribution in [0.25, 0.3) is 0 Å². The molecule has 0 aliphatic rings. The molecule has 34 heavy (non-hydrogen) atoms. The Labute approximate surface area is 200 Å². The second-order valence-electron chi connectivity index (χ2n) is 7.70. The maximum Gasteiger partial charge on any atom is 0.322 e. The summed E-state index contributed by atoms with van der Waals surface area (Å²) in [4.78, 5) is 29.4. The average molecular weight is 466 g/mol.